The zero-order valence-corrected chi connectivity index (χ0v) is 12.9. The van der Waals surface area contributed by atoms with E-state index >= 15 is 0 Å². The van der Waals surface area contributed by atoms with Gasteiger partial charge in [-0.2, -0.15) is 0 Å². The largest absolute Gasteiger partial charge is 0.490 e. The fraction of sp³-hybridized carbons (Fsp3) is 0.412. The van der Waals surface area contributed by atoms with Crippen molar-refractivity contribution in [1.29, 1.82) is 0 Å². The van der Waals surface area contributed by atoms with Crippen LogP contribution in [-0.4, -0.2) is 34.9 Å². The Bertz CT molecular complexity index is 544. The number of aromatic amines is 1. The molecule has 0 fully saturated rings. The van der Waals surface area contributed by atoms with Crippen molar-refractivity contribution in [1.82, 2.24) is 10.3 Å². The predicted octanol–water partition coefficient (Wildman–Crippen LogP) is 2.81. The van der Waals surface area contributed by atoms with Crippen molar-refractivity contribution >= 4 is 0 Å². The average Bonchev–Trinajstić information content (AvgIpc) is 2.96. The summed E-state index contributed by atoms with van der Waals surface area (Å²) in [7, 11) is 0. The molecule has 0 saturated carbocycles. The Morgan fingerprint density at radius 2 is 1.95 bits per heavy atom. The Kier molecular flexibility index (Phi) is 5.04. The molecule has 0 radical (unpaired) electrons. The van der Waals surface area contributed by atoms with Gasteiger partial charge in [0.1, 0.15) is 18.5 Å². The predicted molar refractivity (Wildman–Crippen MR) is 85.5 cm³/mol. The molecule has 4 heteroatoms. The van der Waals surface area contributed by atoms with Crippen molar-refractivity contribution in [2.24, 2.45) is 0 Å². The minimum absolute atomic E-state index is 0.0108. The van der Waals surface area contributed by atoms with Gasteiger partial charge in [-0.1, -0.05) is 12.1 Å². The topological polar surface area (TPSA) is 57.3 Å². The number of aliphatic hydroxyl groups is 1. The molecular formula is C17H24N2O2. The Labute approximate surface area is 126 Å². The summed E-state index contributed by atoms with van der Waals surface area (Å²) in [5.74, 6) is 0.773. The molecule has 21 heavy (non-hydrogen) atoms. The highest BCUT2D eigenvalue weighted by atomic mass is 16.5. The second-order valence-corrected chi connectivity index (χ2v) is 6.18. The maximum absolute atomic E-state index is 10.00. The summed E-state index contributed by atoms with van der Waals surface area (Å²) in [5, 5.41) is 13.3. The number of ether oxygens (including phenoxy) is 1. The number of rotatable bonds is 6. The van der Waals surface area contributed by atoms with Crippen LogP contribution in [0.3, 0.4) is 0 Å². The van der Waals surface area contributed by atoms with Gasteiger partial charge in [0.2, 0.25) is 0 Å². The lowest BCUT2D eigenvalue weighted by molar-refractivity contribution is 0.100. The Hall–Kier alpha value is -1.78. The zero-order valence-electron chi connectivity index (χ0n) is 12.9. The van der Waals surface area contributed by atoms with Gasteiger partial charge in [-0.3, -0.25) is 0 Å². The van der Waals surface area contributed by atoms with Gasteiger partial charge >= 0.3 is 0 Å². The molecule has 0 amide bonds. The smallest absolute Gasteiger partial charge is 0.128 e. The molecule has 114 valence electrons. The van der Waals surface area contributed by atoms with E-state index in [0.717, 1.165) is 17.0 Å². The summed E-state index contributed by atoms with van der Waals surface area (Å²) in [4.78, 5) is 3.17. The second kappa shape index (κ2) is 6.78. The SMILES string of the molecule is CC(C)(C)NCC(O)COc1ccccc1-c1ccc[nH]1. The van der Waals surface area contributed by atoms with Gasteiger partial charge in [0.15, 0.2) is 0 Å². The third-order valence-electron chi connectivity index (χ3n) is 3.07. The van der Waals surface area contributed by atoms with Gasteiger partial charge in [-0.05, 0) is 45.0 Å². The maximum Gasteiger partial charge on any atom is 0.128 e. The molecule has 1 aromatic heterocycles. The van der Waals surface area contributed by atoms with Crippen LogP contribution in [0.5, 0.6) is 5.75 Å². The van der Waals surface area contributed by atoms with Gasteiger partial charge in [0.25, 0.3) is 0 Å². The molecule has 0 aliphatic carbocycles. The van der Waals surface area contributed by atoms with Gasteiger partial charge in [-0.15, -0.1) is 0 Å². The number of β-amino-alcohol motifs (C(OH)–C–C–N with tert-alkyl or cyclic N) is 1. The van der Waals surface area contributed by atoms with E-state index in [0.29, 0.717) is 6.54 Å². The van der Waals surface area contributed by atoms with Crippen molar-refractivity contribution in [3.63, 3.8) is 0 Å². The molecule has 4 nitrogen and oxygen atoms in total. The molecule has 0 bridgehead atoms. The number of aliphatic hydroxyl groups excluding tert-OH is 1. The van der Waals surface area contributed by atoms with Crippen LogP contribution in [0.25, 0.3) is 11.3 Å². The van der Waals surface area contributed by atoms with Crippen LogP contribution in [0, 0.1) is 0 Å². The number of hydrogen-bond acceptors (Lipinski definition) is 3. The third-order valence-corrected chi connectivity index (χ3v) is 3.07. The number of H-pyrrole nitrogens is 1. The zero-order chi connectivity index (χ0) is 15.3. The molecule has 0 saturated heterocycles. The van der Waals surface area contributed by atoms with E-state index in [9.17, 15) is 5.11 Å². The van der Waals surface area contributed by atoms with Gasteiger partial charge in [0, 0.05) is 29.5 Å². The lowest BCUT2D eigenvalue weighted by Gasteiger charge is -2.23. The lowest BCUT2D eigenvalue weighted by atomic mass is 10.1. The first-order valence-corrected chi connectivity index (χ1v) is 7.24. The Balaban J connectivity index is 1.95. The first-order valence-electron chi connectivity index (χ1n) is 7.24. The fourth-order valence-electron chi connectivity index (χ4n) is 1.98. The number of para-hydroxylation sites is 1. The van der Waals surface area contributed by atoms with E-state index in [4.69, 9.17) is 4.74 Å². The molecule has 1 atom stereocenters. The van der Waals surface area contributed by atoms with E-state index in [1.807, 2.05) is 42.6 Å². The van der Waals surface area contributed by atoms with Crippen LogP contribution < -0.4 is 10.1 Å². The summed E-state index contributed by atoms with van der Waals surface area (Å²) < 4.78 is 5.78. The number of nitrogens with one attached hydrogen (secondary N) is 2. The molecule has 0 spiro atoms. The van der Waals surface area contributed by atoms with Crippen molar-refractivity contribution in [2.45, 2.75) is 32.4 Å². The summed E-state index contributed by atoms with van der Waals surface area (Å²) in [6.45, 7) is 6.98. The van der Waals surface area contributed by atoms with E-state index in [1.165, 1.54) is 0 Å². The van der Waals surface area contributed by atoms with Crippen molar-refractivity contribution < 1.29 is 9.84 Å². The number of aromatic nitrogens is 1. The standard InChI is InChI=1S/C17H24N2O2/c1-17(2,3)19-11-13(20)12-21-16-9-5-4-7-14(16)15-8-6-10-18-15/h4-10,13,18-20H,11-12H2,1-3H3. The minimum atomic E-state index is -0.541. The highest BCUT2D eigenvalue weighted by Gasteiger charge is 2.13. The molecule has 2 rings (SSSR count). The van der Waals surface area contributed by atoms with Gasteiger partial charge < -0.3 is 20.1 Å². The maximum atomic E-state index is 10.00. The van der Waals surface area contributed by atoms with Gasteiger partial charge in [0.05, 0.1) is 0 Å². The summed E-state index contributed by atoms with van der Waals surface area (Å²) >= 11 is 0. The van der Waals surface area contributed by atoms with Crippen LogP contribution >= 0.6 is 0 Å². The average molecular weight is 288 g/mol. The Morgan fingerprint density at radius 3 is 2.62 bits per heavy atom. The van der Waals surface area contributed by atoms with Gasteiger partial charge in [-0.25, -0.2) is 0 Å². The van der Waals surface area contributed by atoms with Crippen molar-refractivity contribution in [2.75, 3.05) is 13.2 Å². The minimum Gasteiger partial charge on any atom is -0.490 e. The molecule has 2 aromatic rings. The molecule has 1 aromatic carbocycles. The molecule has 3 N–H and O–H groups in total. The summed E-state index contributed by atoms with van der Waals surface area (Å²) in [6.07, 6.45) is 1.34. The highest BCUT2D eigenvalue weighted by molar-refractivity contribution is 5.67. The fourth-order valence-corrected chi connectivity index (χ4v) is 1.98. The van der Waals surface area contributed by atoms with Crippen LogP contribution in [0.15, 0.2) is 42.6 Å². The molecular weight excluding hydrogens is 264 g/mol. The quantitative estimate of drug-likeness (QED) is 0.766. The monoisotopic (exact) mass is 288 g/mol. The van der Waals surface area contributed by atoms with E-state index in [-0.39, 0.29) is 12.1 Å². The van der Waals surface area contributed by atoms with Crippen LogP contribution in [0.2, 0.25) is 0 Å². The van der Waals surface area contributed by atoms with E-state index < -0.39 is 6.10 Å². The molecule has 1 heterocycles. The van der Waals surface area contributed by atoms with Crippen LogP contribution in [0.1, 0.15) is 20.8 Å². The number of hydrogen-bond donors (Lipinski definition) is 3. The summed E-state index contributed by atoms with van der Waals surface area (Å²) in [6, 6.07) is 11.8. The number of benzene rings is 1. The van der Waals surface area contributed by atoms with Crippen LogP contribution in [0.4, 0.5) is 0 Å². The molecule has 1 unspecified atom stereocenters. The van der Waals surface area contributed by atoms with Crippen molar-refractivity contribution in [3.8, 4) is 17.0 Å². The molecule has 0 aliphatic heterocycles. The first kappa shape index (κ1) is 15.6. The van der Waals surface area contributed by atoms with E-state index in [1.54, 1.807) is 0 Å². The molecule has 0 aliphatic rings. The van der Waals surface area contributed by atoms with Crippen molar-refractivity contribution in [3.05, 3.63) is 42.6 Å². The van der Waals surface area contributed by atoms with E-state index in [2.05, 4.69) is 31.1 Å². The second-order valence-electron chi connectivity index (χ2n) is 6.18. The summed E-state index contributed by atoms with van der Waals surface area (Å²) in [5.41, 5.74) is 2.00. The lowest BCUT2D eigenvalue weighted by Crippen LogP contribution is -2.42. The third kappa shape index (κ3) is 4.92. The highest BCUT2D eigenvalue weighted by Crippen LogP contribution is 2.28. The Morgan fingerprint density at radius 1 is 1.19 bits per heavy atom. The first-order chi connectivity index (χ1) is 9.96. The van der Waals surface area contributed by atoms with Crippen LogP contribution in [-0.2, 0) is 0 Å². The normalized spacial score (nSPS) is 13.1.